The number of methoxy groups -OCH3 is 1. The first-order chi connectivity index (χ1) is 15.6. The van der Waals surface area contributed by atoms with E-state index in [1.165, 1.54) is 12.1 Å². The fraction of sp³-hybridized carbons (Fsp3) is 0.200. The Morgan fingerprint density at radius 2 is 1.94 bits per heavy atom. The lowest BCUT2D eigenvalue weighted by Crippen LogP contribution is -2.40. The molecule has 5 rings (SSSR count). The smallest absolute Gasteiger partial charge is 0.254 e. The van der Waals surface area contributed by atoms with Crippen molar-refractivity contribution >= 4 is 16.9 Å². The third kappa shape index (κ3) is 3.71. The van der Waals surface area contributed by atoms with Gasteiger partial charge in [0.1, 0.15) is 17.2 Å². The van der Waals surface area contributed by atoms with Gasteiger partial charge in [0, 0.05) is 53.1 Å². The number of pyridine rings is 1. The molecule has 4 aromatic rings. The zero-order chi connectivity index (χ0) is 22.1. The number of rotatable bonds is 4. The molecule has 0 unspecified atom stereocenters. The standard InChI is InChI=1S/C25H22FN3O3/c1-31-23-6-5-19(26)13-20(23)22-15-28-24-21(22)12-18(14-27-24)16-3-2-4-17(11-16)25(30)29-7-9-32-10-8-29/h2-6,11-15H,7-10H2,1H3,(H,27,28). The van der Waals surface area contributed by atoms with Gasteiger partial charge in [-0.05, 0) is 42.0 Å². The van der Waals surface area contributed by atoms with E-state index in [4.69, 9.17) is 9.47 Å². The maximum Gasteiger partial charge on any atom is 0.254 e. The number of carbonyl (C=O) groups is 1. The number of ether oxygens (including phenoxy) is 2. The summed E-state index contributed by atoms with van der Waals surface area (Å²) in [4.78, 5) is 22.4. The number of benzene rings is 2. The minimum absolute atomic E-state index is 0.00369. The average Bonchev–Trinajstić information content (AvgIpc) is 3.27. The topological polar surface area (TPSA) is 67.5 Å². The molecular weight excluding hydrogens is 409 g/mol. The summed E-state index contributed by atoms with van der Waals surface area (Å²) in [5.74, 6) is 0.236. The lowest BCUT2D eigenvalue weighted by atomic mass is 10.00. The van der Waals surface area contributed by atoms with Gasteiger partial charge in [-0.3, -0.25) is 4.79 Å². The number of amides is 1. The van der Waals surface area contributed by atoms with Crippen LogP contribution in [0.1, 0.15) is 10.4 Å². The molecular formula is C25H22FN3O3. The van der Waals surface area contributed by atoms with Crippen molar-refractivity contribution in [2.75, 3.05) is 33.4 Å². The van der Waals surface area contributed by atoms with Gasteiger partial charge in [0.2, 0.25) is 0 Å². The van der Waals surface area contributed by atoms with Crippen LogP contribution in [0.15, 0.2) is 60.9 Å². The van der Waals surface area contributed by atoms with Gasteiger partial charge in [0.05, 0.1) is 20.3 Å². The first-order valence-corrected chi connectivity index (χ1v) is 10.4. The summed E-state index contributed by atoms with van der Waals surface area (Å²) in [6, 6.07) is 14.0. The molecule has 3 heterocycles. The number of H-pyrrole nitrogens is 1. The van der Waals surface area contributed by atoms with Gasteiger partial charge in [-0.15, -0.1) is 0 Å². The molecule has 1 saturated heterocycles. The molecule has 0 spiro atoms. The van der Waals surface area contributed by atoms with Gasteiger partial charge in [-0.25, -0.2) is 9.37 Å². The summed E-state index contributed by atoms with van der Waals surface area (Å²) in [6.45, 7) is 2.31. The van der Waals surface area contributed by atoms with E-state index in [9.17, 15) is 9.18 Å². The lowest BCUT2D eigenvalue weighted by Gasteiger charge is -2.27. The summed E-state index contributed by atoms with van der Waals surface area (Å²) in [5.41, 5.74) is 4.52. The summed E-state index contributed by atoms with van der Waals surface area (Å²) in [5, 5.41) is 0.844. The molecule has 0 radical (unpaired) electrons. The number of fused-ring (bicyclic) bond motifs is 1. The van der Waals surface area contributed by atoms with E-state index in [0.29, 0.717) is 48.8 Å². The molecule has 2 aromatic heterocycles. The van der Waals surface area contributed by atoms with E-state index >= 15 is 0 Å². The van der Waals surface area contributed by atoms with Crippen molar-refractivity contribution in [3.05, 3.63) is 72.3 Å². The highest BCUT2D eigenvalue weighted by Crippen LogP contribution is 2.36. The second-order valence-electron chi connectivity index (χ2n) is 7.65. The zero-order valence-corrected chi connectivity index (χ0v) is 17.6. The molecule has 6 nitrogen and oxygen atoms in total. The molecule has 1 amide bonds. The number of hydrogen-bond donors (Lipinski definition) is 1. The van der Waals surface area contributed by atoms with E-state index < -0.39 is 0 Å². The van der Waals surface area contributed by atoms with Crippen LogP contribution in [0.25, 0.3) is 33.3 Å². The Labute approximate surface area is 184 Å². The fourth-order valence-corrected chi connectivity index (χ4v) is 4.06. The molecule has 1 fully saturated rings. The van der Waals surface area contributed by atoms with Crippen molar-refractivity contribution in [1.29, 1.82) is 0 Å². The van der Waals surface area contributed by atoms with E-state index in [1.807, 2.05) is 35.2 Å². The van der Waals surface area contributed by atoms with Crippen molar-refractivity contribution in [1.82, 2.24) is 14.9 Å². The predicted molar refractivity (Wildman–Crippen MR) is 120 cm³/mol. The van der Waals surface area contributed by atoms with Crippen LogP contribution in [0.2, 0.25) is 0 Å². The third-order valence-electron chi connectivity index (χ3n) is 5.72. The molecule has 1 aliphatic rings. The van der Waals surface area contributed by atoms with Crippen LogP contribution in [0, 0.1) is 5.82 Å². The van der Waals surface area contributed by atoms with Gasteiger partial charge < -0.3 is 19.4 Å². The molecule has 162 valence electrons. The first kappa shape index (κ1) is 20.2. The van der Waals surface area contributed by atoms with Gasteiger partial charge in [-0.1, -0.05) is 12.1 Å². The monoisotopic (exact) mass is 431 g/mol. The number of nitrogens with zero attached hydrogens (tertiary/aromatic N) is 2. The minimum atomic E-state index is -0.339. The predicted octanol–water partition coefficient (Wildman–Crippen LogP) is 4.52. The number of aromatic nitrogens is 2. The molecule has 0 atom stereocenters. The quantitative estimate of drug-likeness (QED) is 0.516. The Kier molecular flexibility index (Phi) is 5.33. The summed E-state index contributed by atoms with van der Waals surface area (Å²) < 4.78 is 24.7. The maximum absolute atomic E-state index is 14.0. The van der Waals surface area contributed by atoms with E-state index in [-0.39, 0.29) is 11.7 Å². The number of aromatic amines is 1. The maximum atomic E-state index is 14.0. The number of halogens is 1. The second-order valence-corrected chi connectivity index (χ2v) is 7.65. The van der Waals surface area contributed by atoms with Crippen molar-refractivity contribution in [3.8, 4) is 28.0 Å². The van der Waals surface area contributed by atoms with Gasteiger partial charge in [0.15, 0.2) is 0 Å². The zero-order valence-electron chi connectivity index (χ0n) is 17.6. The first-order valence-electron chi connectivity index (χ1n) is 10.4. The van der Waals surface area contributed by atoms with Crippen molar-refractivity contribution < 1.29 is 18.7 Å². The van der Waals surface area contributed by atoms with Crippen LogP contribution in [0.5, 0.6) is 5.75 Å². The molecule has 0 saturated carbocycles. The third-order valence-corrected chi connectivity index (χ3v) is 5.72. The normalized spacial score (nSPS) is 14.0. The minimum Gasteiger partial charge on any atom is -0.496 e. The van der Waals surface area contributed by atoms with Gasteiger partial charge in [0.25, 0.3) is 5.91 Å². The Balaban J connectivity index is 1.54. The summed E-state index contributed by atoms with van der Waals surface area (Å²) in [7, 11) is 1.56. The van der Waals surface area contributed by atoms with Crippen molar-refractivity contribution in [3.63, 3.8) is 0 Å². The molecule has 32 heavy (non-hydrogen) atoms. The van der Waals surface area contributed by atoms with Crippen LogP contribution in [0.3, 0.4) is 0 Å². The molecule has 0 bridgehead atoms. The largest absolute Gasteiger partial charge is 0.496 e. The van der Waals surface area contributed by atoms with Crippen molar-refractivity contribution in [2.24, 2.45) is 0 Å². The van der Waals surface area contributed by atoms with Crippen molar-refractivity contribution in [2.45, 2.75) is 0 Å². The number of nitrogens with one attached hydrogen (secondary N) is 1. The summed E-state index contributed by atoms with van der Waals surface area (Å²) in [6.07, 6.45) is 3.57. The highest BCUT2D eigenvalue weighted by molar-refractivity contribution is 5.98. The molecule has 7 heteroatoms. The lowest BCUT2D eigenvalue weighted by molar-refractivity contribution is 0.0303. The van der Waals surface area contributed by atoms with Gasteiger partial charge >= 0.3 is 0 Å². The second kappa shape index (κ2) is 8.43. The molecule has 2 aromatic carbocycles. The Morgan fingerprint density at radius 3 is 2.75 bits per heavy atom. The number of morpholine rings is 1. The van der Waals surface area contributed by atoms with Crippen LogP contribution >= 0.6 is 0 Å². The molecule has 1 aliphatic heterocycles. The number of carbonyl (C=O) groups excluding carboxylic acids is 1. The average molecular weight is 431 g/mol. The summed E-state index contributed by atoms with van der Waals surface area (Å²) >= 11 is 0. The van der Waals surface area contributed by atoms with E-state index in [2.05, 4.69) is 9.97 Å². The Hall–Kier alpha value is -3.71. The highest BCUT2D eigenvalue weighted by Gasteiger charge is 2.19. The fourth-order valence-electron chi connectivity index (χ4n) is 4.06. The van der Waals surface area contributed by atoms with Crippen LogP contribution in [0.4, 0.5) is 4.39 Å². The molecule has 0 aliphatic carbocycles. The van der Waals surface area contributed by atoms with Crippen LogP contribution in [-0.2, 0) is 4.74 Å². The Bertz CT molecular complexity index is 1290. The van der Waals surface area contributed by atoms with E-state index in [0.717, 1.165) is 22.1 Å². The van der Waals surface area contributed by atoms with E-state index in [1.54, 1.807) is 25.6 Å². The van der Waals surface area contributed by atoms with Crippen LogP contribution < -0.4 is 4.74 Å². The Morgan fingerprint density at radius 1 is 1.09 bits per heavy atom. The van der Waals surface area contributed by atoms with Gasteiger partial charge in [-0.2, -0.15) is 0 Å². The highest BCUT2D eigenvalue weighted by atomic mass is 19.1. The number of hydrogen-bond acceptors (Lipinski definition) is 4. The SMILES string of the molecule is COc1ccc(F)cc1-c1c[nH]c2ncc(-c3cccc(C(=O)N4CCOCC4)c3)cc12. The molecule has 1 N–H and O–H groups in total. The van der Waals surface area contributed by atoms with Crippen LogP contribution in [-0.4, -0.2) is 54.2 Å².